The zero-order valence-corrected chi connectivity index (χ0v) is 11.4. The van der Waals surface area contributed by atoms with E-state index in [1.807, 2.05) is 30.3 Å². The quantitative estimate of drug-likeness (QED) is 0.582. The predicted molar refractivity (Wildman–Crippen MR) is 75.4 cm³/mol. The van der Waals surface area contributed by atoms with E-state index >= 15 is 0 Å². The molecule has 2 atom stereocenters. The monoisotopic (exact) mass is 282 g/mol. The van der Waals surface area contributed by atoms with Gasteiger partial charge in [-0.05, 0) is 5.56 Å². The van der Waals surface area contributed by atoms with Crippen LogP contribution in [0.2, 0.25) is 0 Å². The van der Waals surface area contributed by atoms with Crippen LogP contribution >= 0.6 is 0 Å². The molecule has 0 amide bonds. The summed E-state index contributed by atoms with van der Waals surface area (Å²) < 4.78 is 22.6. The van der Waals surface area contributed by atoms with E-state index in [4.69, 9.17) is 0 Å². The van der Waals surface area contributed by atoms with Gasteiger partial charge in [0.25, 0.3) is 0 Å². The molecular formula is C13H18N2O3S. The standard InChI is InChI=1S/C13H18N2O3S/c16-13-10-19(17,18)9-12(13)15-7-6-14-8-11-4-2-1-3-5-11/h1-5,8,12-13,15-16H,6-7,9-10H2/t12-,13+/m0/s1. The summed E-state index contributed by atoms with van der Waals surface area (Å²) in [5.41, 5.74) is 1.03. The first-order chi connectivity index (χ1) is 9.07. The molecule has 1 saturated heterocycles. The molecule has 0 spiro atoms. The third-order valence-corrected chi connectivity index (χ3v) is 4.73. The fourth-order valence-electron chi connectivity index (χ4n) is 2.05. The number of aliphatic hydroxyl groups excluding tert-OH is 1. The van der Waals surface area contributed by atoms with Crippen molar-refractivity contribution < 1.29 is 13.5 Å². The molecule has 0 radical (unpaired) electrons. The maximum absolute atomic E-state index is 11.3. The van der Waals surface area contributed by atoms with Crippen molar-refractivity contribution in [2.75, 3.05) is 24.6 Å². The van der Waals surface area contributed by atoms with Crippen molar-refractivity contribution in [3.8, 4) is 0 Å². The van der Waals surface area contributed by atoms with Crippen molar-refractivity contribution in [3.63, 3.8) is 0 Å². The van der Waals surface area contributed by atoms with E-state index in [0.29, 0.717) is 13.1 Å². The minimum atomic E-state index is -3.08. The molecule has 0 bridgehead atoms. The molecule has 5 nitrogen and oxygen atoms in total. The van der Waals surface area contributed by atoms with Crippen LogP contribution in [0.5, 0.6) is 0 Å². The van der Waals surface area contributed by atoms with Crippen LogP contribution in [0.1, 0.15) is 5.56 Å². The number of hydrogen-bond acceptors (Lipinski definition) is 5. The van der Waals surface area contributed by atoms with Crippen LogP contribution in [-0.2, 0) is 9.84 Å². The first kappa shape index (κ1) is 14.2. The number of nitrogens with zero attached hydrogens (tertiary/aromatic N) is 1. The summed E-state index contributed by atoms with van der Waals surface area (Å²) in [5.74, 6) is -0.130. The Labute approximate surface area is 113 Å². The van der Waals surface area contributed by atoms with Gasteiger partial charge in [-0.15, -0.1) is 0 Å². The summed E-state index contributed by atoms with van der Waals surface area (Å²) in [4.78, 5) is 4.25. The molecule has 1 heterocycles. The number of aliphatic imine (C=N–C) groups is 1. The van der Waals surface area contributed by atoms with Crippen LogP contribution < -0.4 is 5.32 Å². The van der Waals surface area contributed by atoms with Crippen molar-refractivity contribution in [1.82, 2.24) is 5.32 Å². The van der Waals surface area contributed by atoms with E-state index in [0.717, 1.165) is 5.56 Å². The van der Waals surface area contributed by atoms with E-state index in [9.17, 15) is 13.5 Å². The molecule has 0 unspecified atom stereocenters. The van der Waals surface area contributed by atoms with Gasteiger partial charge in [-0.1, -0.05) is 30.3 Å². The molecule has 1 aromatic rings. The van der Waals surface area contributed by atoms with Crippen LogP contribution in [0, 0.1) is 0 Å². The van der Waals surface area contributed by atoms with Gasteiger partial charge in [0.05, 0.1) is 24.2 Å². The molecule has 0 aliphatic carbocycles. The number of hydrogen-bond donors (Lipinski definition) is 2. The third kappa shape index (κ3) is 4.41. The Morgan fingerprint density at radius 2 is 2.05 bits per heavy atom. The lowest BCUT2D eigenvalue weighted by Crippen LogP contribution is -2.40. The summed E-state index contributed by atoms with van der Waals surface area (Å²) in [5, 5.41) is 12.6. The zero-order valence-electron chi connectivity index (χ0n) is 10.6. The Hall–Kier alpha value is -1.24. The summed E-state index contributed by atoms with van der Waals surface area (Å²) in [6, 6.07) is 9.39. The van der Waals surface area contributed by atoms with Gasteiger partial charge in [0.1, 0.15) is 0 Å². The van der Waals surface area contributed by atoms with E-state index in [2.05, 4.69) is 10.3 Å². The highest BCUT2D eigenvalue weighted by Crippen LogP contribution is 2.11. The van der Waals surface area contributed by atoms with E-state index in [1.165, 1.54) is 0 Å². The SMILES string of the molecule is O=S1(=O)C[C@@H](O)[C@@H](NCCN=Cc2ccccc2)C1. The smallest absolute Gasteiger partial charge is 0.154 e. The normalized spacial score (nSPS) is 25.9. The molecule has 1 aromatic carbocycles. The Balaban J connectivity index is 1.72. The predicted octanol–water partition coefficient (Wildman–Crippen LogP) is -0.147. The zero-order chi connectivity index (χ0) is 13.7. The van der Waals surface area contributed by atoms with E-state index < -0.39 is 15.9 Å². The molecule has 1 aliphatic heterocycles. The largest absolute Gasteiger partial charge is 0.390 e. The minimum Gasteiger partial charge on any atom is -0.390 e. The molecular weight excluding hydrogens is 264 g/mol. The van der Waals surface area contributed by atoms with Gasteiger partial charge in [0.2, 0.25) is 0 Å². The third-order valence-electron chi connectivity index (χ3n) is 3.01. The highest BCUT2D eigenvalue weighted by molar-refractivity contribution is 7.91. The molecule has 1 fully saturated rings. The van der Waals surface area contributed by atoms with Crippen LogP contribution in [-0.4, -0.2) is 56.5 Å². The molecule has 1 aliphatic rings. The van der Waals surface area contributed by atoms with Crippen molar-refractivity contribution >= 4 is 16.1 Å². The second-order valence-corrected chi connectivity index (χ2v) is 6.80. The summed E-state index contributed by atoms with van der Waals surface area (Å²) >= 11 is 0. The average molecular weight is 282 g/mol. The van der Waals surface area contributed by atoms with Gasteiger partial charge in [-0.3, -0.25) is 4.99 Å². The second-order valence-electron chi connectivity index (χ2n) is 4.65. The van der Waals surface area contributed by atoms with Crippen LogP contribution in [0.15, 0.2) is 35.3 Å². The topological polar surface area (TPSA) is 78.8 Å². The molecule has 104 valence electrons. The summed E-state index contributed by atoms with van der Waals surface area (Å²) in [6.07, 6.45) is 0.979. The Kier molecular flexibility index (Phi) is 4.68. The Bertz CT molecular complexity index is 528. The van der Waals surface area contributed by atoms with Crippen LogP contribution in [0.25, 0.3) is 0 Å². The highest BCUT2D eigenvalue weighted by Gasteiger charge is 2.35. The molecule has 2 N–H and O–H groups in total. The molecule has 0 aromatic heterocycles. The lowest BCUT2D eigenvalue weighted by Gasteiger charge is -2.13. The number of benzene rings is 1. The van der Waals surface area contributed by atoms with Crippen molar-refractivity contribution in [1.29, 1.82) is 0 Å². The van der Waals surface area contributed by atoms with Gasteiger partial charge in [-0.25, -0.2) is 8.42 Å². The maximum atomic E-state index is 11.3. The van der Waals surface area contributed by atoms with Gasteiger partial charge in [0.15, 0.2) is 9.84 Å². The number of sulfone groups is 1. The number of aliphatic hydroxyl groups is 1. The second kappa shape index (κ2) is 6.27. The number of rotatable bonds is 5. The van der Waals surface area contributed by atoms with Gasteiger partial charge in [0, 0.05) is 18.8 Å². The summed E-state index contributed by atoms with van der Waals surface area (Å²) in [7, 11) is -3.08. The maximum Gasteiger partial charge on any atom is 0.154 e. The van der Waals surface area contributed by atoms with Crippen LogP contribution in [0.3, 0.4) is 0 Å². The van der Waals surface area contributed by atoms with Gasteiger partial charge in [-0.2, -0.15) is 0 Å². The fourth-order valence-corrected chi connectivity index (χ4v) is 3.82. The summed E-state index contributed by atoms with van der Waals surface area (Å²) in [6.45, 7) is 1.11. The van der Waals surface area contributed by atoms with Crippen molar-refractivity contribution in [2.24, 2.45) is 4.99 Å². The molecule has 0 saturated carbocycles. The average Bonchev–Trinajstić information content (AvgIpc) is 2.63. The number of nitrogens with one attached hydrogen (secondary N) is 1. The van der Waals surface area contributed by atoms with Crippen molar-refractivity contribution in [3.05, 3.63) is 35.9 Å². The van der Waals surface area contributed by atoms with Gasteiger partial charge < -0.3 is 10.4 Å². The van der Waals surface area contributed by atoms with E-state index in [1.54, 1.807) is 6.21 Å². The van der Waals surface area contributed by atoms with Gasteiger partial charge >= 0.3 is 0 Å². The van der Waals surface area contributed by atoms with Crippen LogP contribution in [0.4, 0.5) is 0 Å². The molecule has 2 rings (SSSR count). The molecule has 6 heteroatoms. The lowest BCUT2D eigenvalue weighted by molar-refractivity contribution is 0.167. The molecule has 19 heavy (non-hydrogen) atoms. The highest BCUT2D eigenvalue weighted by atomic mass is 32.2. The van der Waals surface area contributed by atoms with Crippen molar-refractivity contribution in [2.45, 2.75) is 12.1 Å². The lowest BCUT2D eigenvalue weighted by atomic mass is 10.2. The Morgan fingerprint density at radius 1 is 1.32 bits per heavy atom. The first-order valence-electron chi connectivity index (χ1n) is 6.23. The van der Waals surface area contributed by atoms with E-state index in [-0.39, 0.29) is 17.5 Å². The Morgan fingerprint density at radius 3 is 2.68 bits per heavy atom. The fraction of sp³-hybridized carbons (Fsp3) is 0.462. The minimum absolute atomic E-state index is 0.0105. The first-order valence-corrected chi connectivity index (χ1v) is 8.06.